The number of carbonyl (C=O) groups excluding carboxylic acids is 3. The number of amides is 2. The van der Waals surface area contributed by atoms with E-state index in [2.05, 4.69) is 0 Å². The minimum atomic E-state index is -1.28. The standard InChI is InChI=1S/C19H17FN2O5/c1-19(18(25)26-2)14-13(15(21-19)12-4-3-9-27-12)16(23)22(17(14)24)11-7-5-10(20)6-8-11/h3-9,13-15,21H,1-2H3/p+1/t13-,14+,15-,19-/m0/s1. The third-order valence-electron chi connectivity index (χ3n) is 5.49. The topological polar surface area (TPSA) is 93.4 Å². The summed E-state index contributed by atoms with van der Waals surface area (Å²) in [4.78, 5) is 39.9. The third-order valence-corrected chi connectivity index (χ3v) is 5.49. The lowest BCUT2D eigenvalue weighted by Crippen LogP contribution is -2.97. The quantitative estimate of drug-likeness (QED) is 0.634. The second-order valence-electron chi connectivity index (χ2n) is 6.97. The number of methoxy groups -OCH3 is 1. The van der Waals surface area contributed by atoms with Gasteiger partial charge in [0.25, 0.3) is 0 Å². The Labute approximate surface area is 154 Å². The first-order chi connectivity index (χ1) is 12.9. The fraction of sp³-hybridized carbons (Fsp3) is 0.316. The number of hydrogen-bond acceptors (Lipinski definition) is 5. The van der Waals surface area contributed by atoms with Crippen LogP contribution in [0.4, 0.5) is 10.1 Å². The van der Waals surface area contributed by atoms with Crippen LogP contribution >= 0.6 is 0 Å². The van der Waals surface area contributed by atoms with Crippen LogP contribution in [0.5, 0.6) is 0 Å². The Hall–Kier alpha value is -3.00. The van der Waals surface area contributed by atoms with Gasteiger partial charge in [-0.2, -0.15) is 0 Å². The van der Waals surface area contributed by atoms with E-state index < -0.39 is 47.0 Å². The highest BCUT2D eigenvalue weighted by Gasteiger charge is 2.71. The third kappa shape index (κ3) is 2.40. The SMILES string of the molecule is COC(=O)[C@@]1(C)[NH2+][C@@H](c2ccco2)[C@H]2C(=O)N(c3ccc(F)cc3)C(=O)[C@@H]21. The molecule has 0 aliphatic carbocycles. The number of esters is 1. The number of nitrogens with zero attached hydrogens (tertiary/aromatic N) is 1. The summed E-state index contributed by atoms with van der Waals surface area (Å²) in [6.45, 7) is 1.60. The zero-order valence-electron chi connectivity index (χ0n) is 14.7. The van der Waals surface area contributed by atoms with E-state index in [1.54, 1.807) is 24.4 Å². The molecule has 8 heteroatoms. The first-order valence-corrected chi connectivity index (χ1v) is 8.49. The number of anilines is 1. The molecule has 2 amide bonds. The lowest BCUT2D eigenvalue weighted by atomic mass is 9.81. The second-order valence-corrected chi connectivity index (χ2v) is 6.97. The number of quaternary nitrogens is 1. The van der Waals surface area contributed by atoms with Gasteiger partial charge in [-0.05, 0) is 36.4 Å². The van der Waals surface area contributed by atoms with Crippen molar-refractivity contribution in [2.45, 2.75) is 18.5 Å². The Kier molecular flexibility index (Phi) is 3.88. The number of rotatable bonds is 3. The van der Waals surface area contributed by atoms with E-state index >= 15 is 0 Å². The average molecular weight is 373 g/mol. The molecule has 1 aromatic heterocycles. The van der Waals surface area contributed by atoms with E-state index in [4.69, 9.17) is 9.15 Å². The summed E-state index contributed by atoms with van der Waals surface area (Å²) in [6, 6.07) is 7.95. The molecule has 2 saturated heterocycles. The Morgan fingerprint density at radius 2 is 1.93 bits per heavy atom. The van der Waals surface area contributed by atoms with Crippen LogP contribution in [-0.2, 0) is 19.1 Å². The van der Waals surface area contributed by atoms with Gasteiger partial charge in [-0.1, -0.05) is 0 Å². The number of benzene rings is 1. The molecule has 140 valence electrons. The van der Waals surface area contributed by atoms with Crippen molar-refractivity contribution in [2.75, 3.05) is 12.0 Å². The number of furan rings is 1. The van der Waals surface area contributed by atoms with Crippen molar-refractivity contribution >= 4 is 23.5 Å². The average Bonchev–Trinajstić information content (AvgIpc) is 3.34. The lowest BCUT2D eigenvalue weighted by molar-refractivity contribution is -0.732. The molecule has 0 radical (unpaired) electrons. The van der Waals surface area contributed by atoms with E-state index in [0.29, 0.717) is 5.76 Å². The summed E-state index contributed by atoms with van der Waals surface area (Å²) in [5.74, 6) is -3.22. The minimum Gasteiger partial charge on any atom is -0.464 e. The number of imide groups is 1. The summed E-state index contributed by atoms with van der Waals surface area (Å²) < 4.78 is 23.6. The zero-order chi connectivity index (χ0) is 19.3. The molecule has 2 aliphatic rings. The van der Waals surface area contributed by atoms with Crippen molar-refractivity contribution in [3.8, 4) is 0 Å². The molecule has 2 aliphatic heterocycles. The van der Waals surface area contributed by atoms with Gasteiger partial charge in [-0.3, -0.25) is 9.59 Å². The number of nitrogens with two attached hydrogens (primary N) is 1. The maximum Gasteiger partial charge on any atom is 0.368 e. The molecule has 3 heterocycles. The summed E-state index contributed by atoms with van der Waals surface area (Å²) >= 11 is 0. The van der Waals surface area contributed by atoms with Crippen LogP contribution in [0.1, 0.15) is 18.7 Å². The van der Waals surface area contributed by atoms with Gasteiger partial charge < -0.3 is 14.5 Å². The molecule has 1 aromatic carbocycles. The van der Waals surface area contributed by atoms with Crippen molar-refractivity contribution in [3.63, 3.8) is 0 Å². The monoisotopic (exact) mass is 373 g/mol. The van der Waals surface area contributed by atoms with Crippen molar-refractivity contribution in [2.24, 2.45) is 11.8 Å². The molecular formula is C19H18FN2O5+. The van der Waals surface area contributed by atoms with Gasteiger partial charge in [0.2, 0.25) is 17.4 Å². The second kappa shape index (κ2) is 6.02. The maximum atomic E-state index is 13.3. The summed E-state index contributed by atoms with van der Waals surface area (Å²) in [5.41, 5.74) is -1.01. The Balaban J connectivity index is 1.81. The van der Waals surface area contributed by atoms with Crippen LogP contribution < -0.4 is 10.2 Å². The first kappa shape index (κ1) is 17.4. The van der Waals surface area contributed by atoms with Crippen molar-refractivity contribution < 1.29 is 33.2 Å². The Morgan fingerprint density at radius 1 is 1.22 bits per heavy atom. The molecule has 2 fully saturated rings. The predicted molar refractivity (Wildman–Crippen MR) is 89.7 cm³/mol. The molecule has 2 N–H and O–H groups in total. The van der Waals surface area contributed by atoms with Crippen LogP contribution in [0, 0.1) is 17.7 Å². The Morgan fingerprint density at radius 3 is 2.52 bits per heavy atom. The minimum absolute atomic E-state index is 0.270. The van der Waals surface area contributed by atoms with Crippen LogP contribution in [0.2, 0.25) is 0 Å². The Bertz CT molecular complexity index is 911. The fourth-order valence-corrected chi connectivity index (χ4v) is 4.26. The van der Waals surface area contributed by atoms with E-state index in [1.807, 2.05) is 0 Å². The first-order valence-electron chi connectivity index (χ1n) is 8.49. The fourth-order valence-electron chi connectivity index (χ4n) is 4.26. The summed E-state index contributed by atoms with van der Waals surface area (Å²) in [5, 5.41) is 1.67. The molecule has 27 heavy (non-hydrogen) atoms. The van der Waals surface area contributed by atoms with Crippen molar-refractivity contribution in [1.82, 2.24) is 0 Å². The molecule has 0 bridgehead atoms. The van der Waals surface area contributed by atoms with Crippen LogP contribution in [0.3, 0.4) is 0 Å². The molecule has 7 nitrogen and oxygen atoms in total. The normalized spacial score (nSPS) is 29.9. The van der Waals surface area contributed by atoms with Gasteiger partial charge in [0, 0.05) is 6.92 Å². The number of carbonyl (C=O) groups is 3. The van der Waals surface area contributed by atoms with Gasteiger partial charge in [0.05, 0.1) is 19.1 Å². The summed E-state index contributed by atoms with van der Waals surface area (Å²) in [7, 11) is 1.25. The van der Waals surface area contributed by atoms with Crippen LogP contribution in [0.25, 0.3) is 0 Å². The van der Waals surface area contributed by atoms with E-state index in [9.17, 15) is 18.8 Å². The van der Waals surface area contributed by atoms with Gasteiger partial charge in [-0.25, -0.2) is 14.1 Å². The summed E-state index contributed by atoms with van der Waals surface area (Å²) in [6.07, 6.45) is 1.48. The highest BCUT2D eigenvalue weighted by molar-refractivity contribution is 6.23. The van der Waals surface area contributed by atoms with Gasteiger partial charge in [0.15, 0.2) is 11.8 Å². The molecule has 4 atom stereocenters. The molecule has 0 unspecified atom stereocenters. The van der Waals surface area contributed by atoms with Gasteiger partial charge >= 0.3 is 5.97 Å². The van der Waals surface area contributed by atoms with Gasteiger partial charge in [0.1, 0.15) is 17.7 Å². The molecule has 0 saturated carbocycles. The maximum absolute atomic E-state index is 13.3. The van der Waals surface area contributed by atoms with E-state index in [-0.39, 0.29) is 5.69 Å². The lowest BCUT2D eigenvalue weighted by Gasteiger charge is -2.25. The number of hydrogen-bond donors (Lipinski definition) is 1. The number of ether oxygens (including phenoxy) is 1. The molecule has 4 rings (SSSR count). The smallest absolute Gasteiger partial charge is 0.368 e. The number of fused-ring (bicyclic) bond motifs is 1. The highest BCUT2D eigenvalue weighted by Crippen LogP contribution is 2.45. The number of halogens is 1. The van der Waals surface area contributed by atoms with Gasteiger partial charge in [-0.15, -0.1) is 0 Å². The van der Waals surface area contributed by atoms with Crippen molar-refractivity contribution in [1.29, 1.82) is 0 Å². The molecule has 2 aromatic rings. The van der Waals surface area contributed by atoms with Crippen LogP contribution in [-0.4, -0.2) is 30.4 Å². The van der Waals surface area contributed by atoms with Crippen molar-refractivity contribution in [3.05, 3.63) is 54.2 Å². The molecule has 0 spiro atoms. The zero-order valence-corrected chi connectivity index (χ0v) is 14.7. The van der Waals surface area contributed by atoms with E-state index in [0.717, 1.165) is 4.90 Å². The largest absolute Gasteiger partial charge is 0.464 e. The van der Waals surface area contributed by atoms with E-state index in [1.165, 1.54) is 37.6 Å². The van der Waals surface area contributed by atoms with Crippen LogP contribution in [0.15, 0.2) is 47.1 Å². The highest BCUT2D eigenvalue weighted by atomic mass is 19.1. The predicted octanol–water partition coefficient (Wildman–Crippen LogP) is 0.774. The molecular weight excluding hydrogens is 355 g/mol.